The lowest BCUT2D eigenvalue weighted by Gasteiger charge is -2.18. The first-order chi connectivity index (χ1) is 12.7. The van der Waals surface area contributed by atoms with Gasteiger partial charge in [0.25, 0.3) is 0 Å². The van der Waals surface area contributed by atoms with Crippen LogP contribution in [-0.4, -0.2) is 0 Å². The number of rotatable bonds is 4. The van der Waals surface area contributed by atoms with Crippen LogP contribution in [0.5, 0.6) is 0 Å². The maximum atomic E-state index is 14.4. The molecule has 7 heteroatoms. The summed E-state index contributed by atoms with van der Waals surface area (Å²) in [7, 11) is 0. The summed E-state index contributed by atoms with van der Waals surface area (Å²) in [6, 6.07) is 10.5. The number of hydrogen-bond acceptors (Lipinski definition) is 1. The fraction of sp³-hybridized carbons (Fsp3) is 0.100. The molecule has 0 aliphatic carbocycles. The number of thioether (sulfide) groups is 1. The SMILES string of the molecule is Cc1ccc(-c2cc(F)c(C(F)(F)Sc3ccc(F)c(F)c3)c(F)c2)cc1. The Bertz CT molecular complexity index is 959. The minimum absolute atomic E-state index is 0.113. The van der Waals surface area contributed by atoms with Gasteiger partial charge in [-0.25, -0.2) is 17.6 Å². The molecule has 0 radical (unpaired) electrons. The summed E-state index contributed by atoms with van der Waals surface area (Å²) in [5, 5.41) is -4.02. The zero-order valence-corrected chi connectivity index (χ0v) is 14.7. The molecule has 0 heterocycles. The maximum Gasteiger partial charge on any atom is 0.329 e. The highest BCUT2D eigenvalue weighted by Crippen LogP contribution is 2.47. The van der Waals surface area contributed by atoms with Crippen LogP contribution >= 0.6 is 11.8 Å². The summed E-state index contributed by atoms with van der Waals surface area (Å²) < 4.78 is 83.7. The molecule has 27 heavy (non-hydrogen) atoms. The van der Waals surface area contributed by atoms with Crippen LogP contribution in [-0.2, 0) is 5.25 Å². The zero-order chi connectivity index (χ0) is 19.8. The summed E-state index contributed by atoms with van der Waals surface area (Å²) >= 11 is -0.266. The van der Waals surface area contributed by atoms with Crippen LogP contribution < -0.4 is 0 Å². The van der Waals surface area contributed by atoms with Crippen molar-refractivity contribution in [3.05, 3.63) is 89.0 Å². The van der Waals surface area contributed by atoms with Gasteiger partial charge in [0.05, 0.1) is 0 Å². The molecular formula is C20H12F6S. The van der Waals surface area contributed by atoms with Crippen molar-refractivity contribution in [3.8, 4) is 11.1 Å². The fourth-order valence-corrected chi connectivity index (χ4v) is 3.39. The van der Waals surface area contributed by atoms with Crippen LogP contribution in [0.25, 0.3) is 11.1 Å². The van der Waals surface area contributed by atoms with Gasteiger partial charge in [0.15, 0.2) is 11.6 Å². The minimum Gasteiger partial charge on any atom is -0.206 e. The van der Waals surface area contributed by atoms with Gasteiger partial charge >= 0.3 is 5.25 Å². The molecule has 3 rings (SSSR count). The molecular weight excluding hydrogens is 386 g/mol. The predicted octanol–water partition coefficient (Wildman–Crippen LogP) is 7.06. The van der Waals surface area contributed by atoms with Crippen molar-refractivity contribution in [1.29, 1.82) is 0 Å². The van der Waals surface area contributed by atoms with Crippen LogP contribution in [0.1, 0.15) is 11.1 Å². The van der Waals surface area contributed by atoms with E-state index >= 15 is 0 Å². The molecule has 0 unspecified atom stereocenters. The van der Waals surface area contributed by atoms with Crippen molar-refractivity contribution < 1.29 is 26.3 Å². The molecule has 0 atom stereocenters. The molecule has 0 aliphatic heterocycles. The number of halogens is 6. The molecule has 0 spiro atoms. The second-order valence-electron chi connectivity index (χ2n) is 5.88. The van der Waals surface area contributed by atoms with Crippen molar-refractivity contribution >= 4 is 11.8 Å². The first-order valence-electron chi connectivity index (χ1n) is 7.76. The summed E-state index contributed by atoms with van der Waals surface area (Å²) in [6.45, 7) is 1.84. The molecule has 140 valence electrons. The predicted molar refractivity (Wildman–Crippen MR) is 92.6 cm³/mol. The molecule has 0 saturated carbocycles. The van der Waals surface area contributed by atoms with E-state index in [-0.39, 0.29) is 22.2 Å². The number of benzene rings is 3. The Hall–Kier alpha value is -2.41. The van der Waals surface area contributed by atoms with Crippen LogP contribution in [0.15, 0.2) is 59.5 Å². The Labute approximate surface area is 155 Å². The number of hydrogen-bond donors (Lipinski definition) is 0. The van der Waals surface area contributed by atoms with Gasteiger partial charge in [-0.2, -0.15) is 8.78 Å². The Morgan fingerprint density at radius 1 is 0.667 bits per heavy atom. The first kappa shape index (κ1) is 19.4. The van der Waals surface area contributed by atoms with Crippen LogP contribution in [0.4, 0.5) is 26.3 Å². The smallest absolute Gasteiger partial charge is 0.206 e. The van der Waals surface area contributed by atoms with E-state index in [0.29, 0.717) is 17.7 Å². The van der Waals surface area contributed by atoms with Gasteiger partial charge < -0.3 is 0 Å². The lowest BCUT2D eigenvalue weighted by molar-refractivity contribution is 0.0957. The monoisotopic (exact) mass is 398 g/mol. The average Bonchev–Trinajstić information content (AvgIpc) is 2.57. The Kier molecular flexibility index (Phi) is 5.24. The van der Waals surface area contributed by atoms with Gasteiger partial charge in [0.2, 0.25) is 0 Å². The topological polar surface area (TPSA) is 0 Å². The van der Waals surface area contributed by atoms with Gasteiger partial charge in [0, 0.05) is 4.90 Å². The molecule has 0 nitrogen and oxygen atoms in total. The molecule has 0 N–H and O–H groups in total. The van der Waals surface area contributed by atoms with E-state index in [9.17, 15) is 26.3 Å². The molecule has 3 aromatic carbocycles. The standard InChI is InChI=1S/C20H12F6S/c1-11-2-4-12(5-3-11)13-8-17(23)19(18(24)9-13)20(25,26)27-14-6-7-15(21)16(22)10-14/h2-10H,1H3. The normalized spacial score (nSPS) is 11.7. The van der Waals surface area contributed by atoms with Crippen molar-refractivity contribution in [2.24, 2.45) is 0 Å². The second kappa shape index (κ2) is 7.31. The molecule has 0 saturated heterocycles. The van der Waals surface area contributed by atoms with Gasteiger partial charge in [-0.05, 0) is 60.1 Å². The summed E-state index contributed by atoms with van der Waals surface area (Å²) in [5.74, 6) is -5.38. The van der Waals surface area contributed by atoms with E-state index in [0.717, 1.165) is 23.8 Å². The highest BCUT2D eigenvalue weighted by Gasteiger charge is 2.39. The second-order valence-corrected chi connectivity index (χ2v) is 7.06. The van der Waals surface area contributed by atoms with E-state index in [2.05, 4.69) is 0 Å². The van der Waals surface area contributed by atoms with Crippen LogP contribution in [0.2, 0.25) is 0 Å². The summed E-state index contributed by atoms with van der Waals surface area (Å²) in [5.41, 5.74) is 0.0859. The van der Waals surface area contributed by atoms with Gasteiger partial charge in [0.1, 0.15) is 17.2 Å². The van der Waals surface area contributed by atoms with E-state index in [1.165, 1.54) is 0 Å². The number of alkyl halides is 2. The van der Waals surface area contributed by atoms with Crippen molar-refractivity contribution in [3.63, 3.8) is 0 Å². The lowest BCUT2D eigenvalue weighted by atomic mass is 10.0. The summed E-state index contributed by atoms with van der Waals surface area (Å²) in [4.78, 5) is -0.361. The van der Waals surface area contributed by atoms with Gasteiger partial charge in [-0.3, -0.25) is 0 Å². The van der Waals surface area contributed by atoms with Crippen molar-refractivity contribution in [2.45, 2.75) is 17.1 Å². The quantitative estimate of drug-likeness (QED) is 0.335. The van der Waals surface area contributed by atoms with E-state index in [1.807, 2.05) is 6.92 Å². The molecule has 0 fully saturated rings. The molecule has 0 aliphatic rings. The lowest BCUT2D eigenvalue weighted by Crippen LogP contribution is -2.14. The average molecular weight is 398 g/mol. The number of aryl methyl sites for hydroxylation is 1. The third kappa shape index (κ3) is 4.13. The van der Waals surface area contributed by atoms with E-state index < -0.39 is 34.1 Å². The van der Waals surface area contributed by atoms with Crippen molar-refractivity contribution in [2.75, 3.05) is 0 Å². The minimum atomic E-state index is -4.02. The fourth-order valence-electron chi connectivity index (χ4n) is 2.50. The van der Waals surface area contributed by atoms with E-state index in [4.69, 9.17) is 0 Å². The molecule has 3 aromatic rings. The third-order valence-corrected chi connectivity index (χ3v) is 4.81. The highest BCUT2D eigenvalue weighted by molar-refractivity contribution is 8.00. The Morgan fingerprint density at radius 2 is 1.26 bits per heavy atom. The maximum absolute atomic E-state index is 14.4. The Morgan fingerprint density at radius 3 is 1.81 bits per heavy atom. The third-order valence-electron chi connectivity index (χ3n) is 3.86. The largest absolute Gasteiger partial charge is 0.329 e. The summed E-state index contributed by atoms with van der Waals surface area (Å²) in [6.07, 6.45) is 0. The molecule has 0 amide bonds. The first-order valence-corrected chi connectivity index (χ1v) is 8.57. The van der Waals surface area contributed by atoms with Gasteiger partial charge in [-0.15, -0.1) is 0 Å². The van der Waals surface area contributed by atoms with Crippen LogP contribution in [0, 0.1) is 30.2 Å². The Balaban J connectivity index is 1.97. The molecule has 0 aromatic heterocycles. The van der Waals surface area contributed by atoms with Crippen molar-refractivity contribution in [1.82, 2.24) is 0 Å². The zero-order valence-electron chi connectivity index (χ0n) is 13.9. The highest BCUT2D eigenvalue weighted by atomic mass is 32.2. The van der Waals surface area contributed by atoms with Crippen LogP contribution in [0.3, 0.4) is 0 Å². The molecule has 0 bridgehead atoms. The van der Waals surface area contributed by atoms with Gasteiger partial charge in [-0.1, -0.05) is 29.8 Å². The van der Waals surface area contributed by atoms with E-state index in [1.54, 1.807) is 24.3 Å².